The van der Waals surface area contributed by atoms with E-state index in [1.807, 2.05) is 6.92 Å². The standard InChI is InChI=1S/C25H30F2N4O4/c1-5-25(3,4)35-23(33)14(2)31-13-15-6-7-17(20(27)19(15)22(31)32)21-18(26)12-28-24(30-21)29-16-8-10-34-11-9-16/h6-7,12,14,16H,5,8-11,13H2,1-4H3,(H,28,29,30)/t14-/m1/s1. The van der Waals surface area contributed by atoms with Gasteiger partial charge in [0, 0.05) is 31.4 Å². The number of ether oxygens (including phenoxy) is 2. The zero-order chi connectivity index (χ0) is 25.3. The fraction of sp³-hybridized carbons (Fsp3) is 0.520. The highest BCUT2D eigenvalue weighted by molar-refractivity contribution is 6.01. The molecule has 35 heavy (non-hydrogen) atoms. The maximum Gasteiger partial charge on any atom is 0.329 e. The summed E-state index contributed by atoms with van der Waals surface area (Å²) in [6.45, 7) is 8.27. The molecule has 0 spiro atoms. The summed E-state index contributed by atoms with van der Waals surface area (Å²) in [6, 6.07) is 2.13. The molecule has 0 radical (unpaired) electrons. The highest BCUT2D eigenvalue weighted by Gasteiger charge is 2.39. The topological polar surface area (TPSA) is 93.7 Å². The molecule has 1 saturated heterocycles. The van der Waals surface area contributed by atoms with E-state index in [0.29, 0.717) is 25.2 Å². The van der Waals surface area contributed by atoms with E-state index < -0.39 is 35.2 Å². The first-order valence-electron chi connectivity index (χ1n) is 11.8. The molecule has 0 bridgehead atoms. The predicted octanol–water partition coefficient (Wildman–Crippen LogP) is 4.09. The van der Waals surface area contributed by atoms with Gasteiger partial charge < -0.3 is 19.7 Å². The minimum absolute atomic E-state index is 0.0526. The number of carbonyl (C=O) groups excluding carboxylic acids is 2. The third-order valence-corrected chi connectivity index (χ3v) is 6.63. The number of hydrogen-bond acceptors (Lipinski definition) is 7. The first-order chi connectivity index (χ1) is 16.6. The molecule has 2 aliphatic rings. The molecule has 2 aromatic rings. The van der Waals surface area contributed by atoms with Crippen molar-refractivity contribution in [1.29, 1.82) is 0 Å². The summed E-state index contributed by atoms with van der Waals surface area (Å²) in [5.74, 6) is -2.71. The molecule has 4 rings (SSSR count). The molecule has 0 unspecified atom stereocenters. The summed E-state index contributed by atoms with van der Waals surface area (Å²) in [4.78, 5) is 35.2. The summed E-state index contributed by atoms with van der Waals surface area (Å²) in [5.41, 5.74) is -0.829. The number of carbonyl (C=O) groups is 2. The monoisotopic (exact) mass is 488 g/mol. The van der Waals surface area contributed by atoms with Gasteiger partial charge >= 0.3 is 5.97 Å². The number of benzene rings is 1. The molecule has 10 heteroatoms. The van der Waals surface area contributed by atoms with Gasteiger partial charge in [-0.2, -0.15) is 0 Å². The fourth-order valence-corrected chi connectivity index (χ4v) is 4.08. The second kappa shape index (κ2) is 9.85. The maximum absolute atomic E-state index is 15.6. The largest absolute Gasteiger partial charge is 0.458 e. The zero-order valence-electron chi connectivity index (χ0n) is 20.4. The number of nitrogens with zero attached hydrogens (tertiary/aromatic N) is 3. The Morgan fingerprint density at radius 2 is 2.03 bits per heavy atom. The van der Waals surface area contributed by atoms with Crippen molar-refractivity contribution in [3.05, 3.63) is 41.1 Å². The Morgan fingerprint density at radius 3 is 2.71 bits per heavy atom. The van der Waals surface area contributed by atoms with Crippen molar-refractivity contribution in [1.82, 2.24) is 14.9 Å². The molecular formula is C25H30F2N4O4. The summed E-state index contributed by atoms with van der Waals surface area (Å²) in [6.07, 6.45) is 3.10. The van der Waals surface area contributed by atoms with Crippen molar-refractivity contribution in [3.8, 4) is 11.3 Å². The number of nitrogens with one attached hydrogen (secondary N) is 1. The van der Waals surface area contributed by atoms with Crippen LogP contribution in [0.4, 0.5) is 14.7 Å². The zero-order valence-corrected chi connectivity index (χ0v) is 20.4. The number of halogens is 2. The minimum atomic E-state index is -0.908. The van der Waals surface area contributed by atoms with E-state index in [1.165, 1.54) is 11.0 Å². The second-order valence-electron chi connectivity index (χ2n) is 9.53. The van der Waals surface area contributed by atoms with E-state index in [-0.39, 0.29) is 35.4 Å². The lowest BCUT2D eigenvalue weighted by atomic mass is 10.0. The van der Waals surface area contributed by atoms with Crippen LogP contribution in [0.1, 0.15) is 62.9 Å². The first kappa shape index (κ1) is 25.0. The summed E-state index contributed by atoms with van der Waals surface area (Å²) >= 11 is 0. The van der Waals surface area contributed by atoms with E-state index in [0.717, 1.165) is 19.0 Å². The molecule has 1 fully saturated rings. The van der Waals surface area contributed by atoms with Crippen LogP contribution in [0.5, 0.6) is 0 Å². The number of aromatic nitrogens is 2. The van der Waals surface area contributed by atoms with Gasteiger partial charge in [0.2, 0.25) is 5.95 Å². The van der Waals surface area contributed by atoms with Crippen molar-refractivity contribution in [2.24, 2.45) is 0 Å². The highest BCUT2D eigenvalue weighted by Crippen LogP contribution is 2.34. The van der Waals surface area contributed by atoms with Crippen LogP contribution in [0.15, 0.2) is 18.3 Å². The van der Waals surface area contributed by atoms with Crippen molar-refractivity contribution < 1.29 is 27.8 Å². The quantitative estimate of drug-likeness (QED) is 0.587. The number of esters is 1. The predicted molar refractivity (Wildman–Crippen MR) is 125 cm³/mol. The number of rotatable bonds is 7. The number of fused-ring (bicyclic) bond motifs is 1. The molecule has 1 aromatic carbocycles. The Hall–Kier alpha value is -3.14. The van der Waals surface area contributed by atoms with Gasteiger partial charge in [-0.25, -0.2) is 23.5 Å². The second-order valence-corrected chi connectivity index (χ2v) is 9.53. The molecule has 8 nitrogen and oxygen atoms in total. The summed E-state index contributed by atoms with van der Waals surface area (Å²) in [5, 5.41) is 3.14. The Bertz CT molecular complexity index is 1130. The Balaban J connectivity index is 1.59. The molecule has 0 saturated carbocycles. The van der Waals surface area contributed by atoms with Crippen LogP contribution in [-0.2, 0) is 20.8 Å². The van der Waals surface area contributed by atoms with Gasteiger partial charge in [0.05, 0.1) is 11.8 Å². The molecule has 1 N–H and O–H groups in total. The molecular weight excluding hydrogens is 458 g/mol. The van der Waals surface area contributed by atoms with Crippen molar-refractivity contribution in [2.45, 2.75) is 71.2 Å². The van der Waals surface area contributed by atoms with Gasteiger partial charge in [-0.3, -0.25) is 4.79 Å². The van der Waals surface area contributed by atoms with Crippen LogP contribution in [-0.4, -0.2) is 57.6 Å². The third kappa shape index (κ3) is 5.12. The molecule has 1 aromatic heterocycles. The Morgan fingerprint density at radius 1 is 1.31 bits per heavy atom. The lowest BCUT2D eigenvalue weighted by molar-refractivity contribution is -0.161. The Kier molecular flexibility index (Phi) is 7.02. The van der Waals surface area contributed by atoms with Crippen LogP contribution in [0, 0.1) is 11.6 Å². The van der Waals surface area contributed by atoms with Crippen molar-refractivity contribution in [2.75, 3.05) is 18.5 Å². The van der Waals surface area contributed by atoms with Crippen LogP contribution in [0.2, 0.25) is 0 Å². The first-order valence-corrected chi connectivity index (χ1v) is 11.8. The average Bonchev–Trinajstić information content (AvgIpc) is 3.17. The van der Waals surface area contributed by atoms with Gasteiger partial charge in [0.1, 0.15) is 23.2 Å². The minimum Gasteiger partial charge on any atom is -0.458 e. The highest BCUT2D eigenvalue weighted by atomic mass is 19.1. The normalized spacial score (nSPS) is 17.3. The lowest BCUT2D eigenvalue weighted by Crippen LogP contribution is -2.43. The molecule has 2 aliphatic heterocycles. The summed E-state index contributed by atoms with van der Waals surface area (Å²) < 4.78 is 41.1. The summed E-state index contributed by atoms with van der Waals surface area (Å²) in [7, 11) is 0. The molecule has 3 heterocycles. The maximum atomic E-state index is 15.6. The number of amides is 1. The van der Waals surface area contributed by atoms with Gasteiger partial charge in [0.15, 0.2) is 5.82 Å². The molecule has 1 amide bonds. The van der Waals surface area contributed by atoms with E-state index in [2.05, 4.69) is 15.3 Å². The van der Waals surface area contributed by atoms with E-state index in [9.17, 15) is 14.0 Å². The van der Waals surface area contributed by atoms with Gasteiger partial charge in [-0.15, -0.1) is 0 Å². The number of anilines is 1. The van der Waals surface area contributed by atoms with Gasteiger partial charge in [-0.05, 0) is 51.7 Å². The number of hydrogen-bond donors (Lipinski definition) is 1. The van der Waals surface area contributed by atoms with Crippen molar-refractivity contribution >= 4 is 17.8 Å². The van der Waals surface area contributed by atoms with Gasteiger partial charge in [-0.1, -0.05) is 13.0 Å². The molecule has 1 atom stereocenters. The van der Waals surface area contributed by atoms with Crippen LogP contribution in [0.25, 0.3) is 11.3 Å². The average molecular weight is 489 g/mol. The Labute approximate surface area is 203 Å². The molecule has 0 aliphatic carbocycles. The van der Waals surface area contributed by atoms with Crippen LogP contribution in [0.3, 0.4) is 0 Å². The van der Waals surface area contributed by atoms with E-state index in [1.54, 1.807) is 26.8 Å². The fourth-order valence-electron chi connectivity index (χ4n) is 4.08. The van der Waals surface area contributed by atoms with Gasteiger partial charge in [0.25, 0.3) is 5.91 Å². The van der Waals surface area contributed by atoms with Crippen LogP contribution >= 0.6 is 0 Å². The third-order valence-electron chi connectivity index (χ3n) is 6.63. The van der Waals surface area contributed by atoms with Crippen molar-refractivity contribution in [3.63, 3.8) is 0 Å². The smallest absolute Gasteiger partial charge is 0.329 e. The van der Waals surface area contributed by atoms with E-state index >= 15 is 4.39 Å². The van der Waals surface area contributed by atoms with E-state index in [4.69, 9.17) is 9.47 Å². The lowest BCUT2D eigenvalue weighted by Gasteiger charge is -2.29. The SMILES string of the molecule is CCC(C)(C)OC(=O)[C@@H](C)N1Cc2ccc(-c3nc(NC4CCOCC4)ncc3F)c(F)c2C1=O. The molecule has 188 valence electrons. The van der Waals surface area contributed by atoms with Crippen LogP contribution < -0.4 is 5.32 Å².